The molecule has 5 rings (SSSR count). The Morgan fingerprint density at radius 2 is 0.876 bits per heavy atom. The number of nitrogens with zero attached hydrogens (tertiary/aromatic N) is 3. The van der Waals surface area contributed by atoms with E-state index >= 15 is 4.79 Å². The number of phenolic OH excluding ortho intramolecular Hbond substituents is 2. The number of rotatable bonds is 40. The third-order valence-corrected chi connectivity index (χ3v) is 17.6. The predicted octanol–water partition coefficient (Wildman–Crippen LogP) is -6.53. The van der Waals surface area contributed by atoms with Gasteiger partial charge >= 0.3 is 29.8 Å². The summed E-state index contributed by atoms with van der Waals surface area (Å²) in [6.45, 7) is 0.902. The number of phenols is 2. The maximum Gasteiger partial charge on any atom is 0.326 e. The monoisotopic (exact) mass is 1480 g/mol. The number of carboxylic acid groups (broad SMARTS) is 5. The zero-order valence-electron chi connectivity index (χ0n) is 57.2. The Balaban J connectivity index is 1.32. The van der Waals surface area contributed by atoms with E-state index in [4.69, 9.17) is 16.6 Å². The zero-order chi connectivity index (χ0) is 78.1. The summed E-state index contributed by atoms with van der Waals surface area (Å²) in [5.74, 6) is -23.0. The molecule has 2 aromatic carbocycles. The zero-order valence-corrected chi connectivity index (χ0v) is 57.2. The number of aliphatic carboxylic acids is 5. The van der Waals surface area contributed by atoms with Crippen molar-refractivity contribution in [1.82, 2.24) is 62.6 Å². The van der Waals surface area contributed by atoms with E-state index in [0.29, 0.717) is 17.5 Å². The van der Waals surface area contributed by atoms with Gasteiger partial charge in [-0.3, -0.25) is 81.5 Å². The molecule has 21 N–H and O–H groups in total. The Kier molecular flexibility index (Phi) is 31.8. The van der Waals surface area contributed by atoms with Crippen molar-refractivity contribution in [2.24, 2.45) is 17.4 Å². The molecule has 574 valence electrons. The highest BCUT2D eigenvalue weighted by Crippen LogP contribution is 2.28. The Hall–Kier alpha value is -11.6. The average molecular weight is 1480 g/mol. The molecule has 3 aliphatic rings. The fraction of sp³-hybridized carbons (Fsp3) is 0.538. The highest BCUT2D eigenvalue weighted by Gasteiger charge is 2.47. The van der Waals surface area contributed by atoms with Gasteiger partial charge in [-0.1, -0.05) is 44.5 Å². The number of carbonyl (C=O) groups excluding carboxylic acids is 13. The third kappa shape index (κ3) is 25.4. The number of carboxylic acids is 5. The molecule has 3 aliphatic heterocycles. The van der Waals surface area contributed by atoms with Crippen LogP contribution in [0.4, 0.5) is 0 Å². The lowest BCUT2D eigenvalue weighted by atomic mass is 9.98. The predicted molar refractivity (Wildman–Crippen MR) is 356 cm³/mol. The van der Waals surface area contributed by atoms with E-state index in [-0.39, 0.29) is 88.4 Å². The van der Waals surface area contributed by atoms with Gasteiger partial charge in [-0.05, 0) is 86.3 Å². The van der Waals surface area contributed by atoms with Gasteiger partial charge in [0.05, 0.1) is 44.9 Å². The molecule has 0 spiro atoms. The van der Waals surface area contributed by atoms with E-state index in [9.17, 15) is 117 Å². The Morgan fingerprint density at radius 3 is 1.38 bits per heavy atom. The molecule has 2 aromatic rings. The molecule has 40 nitrogen and oxygen atoms in total. The molecule has 13 amide bonds. The summed E-state index contributed by atoms with van der Waals surface area (Å²) in [5, 5.41) is 97.2. The molecule has 3 saturated heterocycles. The highest BCUT2D eigenvalue weighted by atomic mass is 16.4. The van der Waals surface area contributed by atoms with Crippen LogP contribution in [0.3, 0.4) is 0 Å². The Labute approximate surface area is 598 Å². The van der Waals surface area contributed by atoms with Crippen molar-refractivity contribution in [3.63, 3.8) is 0 Å². The highest BCUT2D eigenvalue weighted by molar-refractivity contribution is 6.01. The van der Waals surface area contributed by atoms with E-state index < -0.39 is 231 Å². The standard InChI is InChI=1S/C65H88N14O26/c1-3-31(2)53(67)61(100)70-36(18-19-49(85)86)55(94)73-41(27-51(89)90)63(102)79-22-6-9-46(79)64(103)78-21-5-8-45(78)60(99)74-40(24-33-12-16-35(82)17-13-33)62(101)77-20-4-7-44(77)59(98)72-37(23-32-10-14-34(81)15-11-32)54(93)68-29-48(84)69-38(25-47(66)83)56(95)71-39(26-50(87)88)57(96)76-43(30-80)58(97)75-42(65(104)105)28-52(91)92/h10-17,31,36-46,53,80-82H,3-9,18-30,67H2,1-2H3,(H2,66,83)(H,68,93)(H,69,84)(H,70,100)(H,71,95)(H,72,98)(H,73,94)(H,74,99)(H,75,97)(H,76,96)(H,85,86)(H,87,88)(H,89,90)(H,91,92)(H,104,105)/t31-,36-,37-,38-,39-,40-,41-,42-,43-,44+,45+,46-,53-/m0/s1. The van der Waals surface area contributed by atoms with E-state index in [1.807, 2.05) is 10.6 Å². The first-order valence-electron chi connectivity index (χ1n) is 33.4. The van der Waals surface area contributed by atoms with E-state index in [0.717, 1.165) is 9.80 Å². The number of likely N-dealkylation sites (tertiary alicyclic amines) is 3. The van der Waals surface area contributed by atoms with Gasteiger partial charge in [0.25, 0.3) is 0 Å². The molecular formula is C65H88N14O26. The molecule has 0 saturated carbocycles. The molecule has 40 heteroatoms. The molecule has 3 heterocycles. The molecule has 0 aliphatic carbocycles. The number of hydrogen-bond donors (Lipinski definition) is 19. The summed E-state index contributed by atoms with van der Waals surface area (Å²) in [6, 6.07) is -9.08. The van der Waals surface area contributed by atoms with Crippen LogP contribution >= 0.6 is 0 Å². The fourth-order valence-electron chi connectivity index (χ4n) is 11.8. The summed E-state index contributed by atoms with van der Waals surface area (Å²) >= 11 is 0. The van der Waals surface area contributed by atoms with Crippen molar-refractivity contribution in [2.45, 2.75) is 183 Å². The van der Waals surface area contributed by atoms with Crippen LogP contribution in [0, 0.1) is 5.92 Å². The summed E-state index contributed by atoms with van der Waals surface area (Å²) in [5.41, 5.74) is 12.1. The van der Waals surface area contributed by atoms with Crippen molar-refractivity contribution >= 4 is 107 Å². The number of hydrogen-bond acceptors (Lipinski definition) is 22. The number of primary amides is 1. The van der Waals surface area contributed by atoms with Crippen molar-refractivity contribution < 1.29 is 127 Å². The van der Waals surface area contributed by atoms with Crippen molar-refractivity contribution in [2.75, 3.05) is 32.8 Å². The number of aliphatic hydroxyl groups excluding tert-OH is 1. The number of carbonyl (C=O) groups is 18. The van der Waals surface area contributed by atoms with Crippen LogP contribution in [0.1, 0.15) is 108 Å². The summed E-state index contributed by atoms with van der Waals surface area (Å²) in [6.07, 6.45) is -4.99. The van der Waals surface area contributed by atoms with Crippen LogP contribution in [0.25, 0.3) is 0 Å². The normalized spacial score (nSPS) is 18.2. The van der Waals surface area contributed by atoms with Crippen molar-refractivity contribution in [3.8, 4) is 11.5 Å². The molecule has 3 fully saturated rings. The first-order chi connectivity index (χ1) is 49.5. The lowest BCUT2D eigenvalue weighted by Gasteiger charge is -2.34. The number of aromatic hydroxyl groups is 2. The van der Waals surface area contributed by atoms with Crippen LogP contribution in [-0.2, 0) is 99.1 Å². The second kappa shape index (κ2) is 39.7. The van der Waals surface area contributed by atoms with Gasteiger partial charge in [-0.25, -0.2) is 4.79 Å². The quantitative estimate of drug-likeness (QED) is 0.0295. The van der Waals surface area contributed by atoms with Crippen LogP contribution < -0.4 is 59.3 Å². The van der Waals surface area contributed by atoms with Gasteiger partial charge < -0.3 is 115 Å². The van der Waals surface area contributed by atoms with Gasteiger partial charge in [-0.15, -0.1) is 0 Å². The van der Waals surface area contributed by atoms with Gasteiger partial charge in [0, 0.05) is 38.9 Å². The molecular weight excluding hydrogens is 1390 g/mol. The molecule has 0 bridgehead atoms. The number of benzene rings is 2. The summed E-state index contributed by atoms with van der Waals surface area (Å²) < 4.78 is 0. The maximum atomic E-state index is 15.0. The fourth-order valence-corrected chi connectivity index (χ4v) is 11.8. The van der Waals surface area contributed by atoms with Gasteiger partial charge in [-0.2, -0.15) is 0 Å². The average Bonchev–Trinajstić information content (AvgIpc) is 1.68. The minimum absolute atomic E-state index is 0.0155. The van der Waals surface area contributed by atoms with Crippen LogP contribution in [-0.4, -0.2) is 267 Å². The summed E-state index contributed by atoms with van der Waals surface area (Å²) in [4.78, 5) is 241. The smallest absolute Gasteiger partial charge is 0.326 e. The van der Waals surface area contributed by atoms with Crippen molar-refractivity contribution in [3.05, 3.63) is 59.7 Å². The molecule has 0 aromatic heterocycles. The minimum Gasteiger partial charge on any atom is -0.508 e. The second-order valence-electron chi connectivity index (χ2n) is 25.4. The maximum absolute atomic E-state index is 15.0. The van der Waals surface area contributed by atoms with Crippen LogP contribution in [0.5, 0.6) is 11.5 Å². The van der Waals surface area contributed by atoms with Crippen LogP contribution in [0.2, 0.25) is 0 Å². The van der Waals surface area contributed by atoms with E-state index in [2.05, 4.69) is 31.9 Å². The first kappa shape index (κ1) is 84.1. The number of nitrogens with one attached hydrogen (secondary N) is 9. The second-order valence-corrected chi connectivity index (χ2v) is 25.4. The van der Waals surface area contributed by atoms with Crippen molar-refractivity contribution in [1.29, 1.82) is 0 Å². The molecule has 0 unspecified atom stereocenters. The van der Waals surface area contributed by atoms with Gasteiger partial charge in [0.2, 0.25) is 76.8 Å². The lowest BCUT2D eigenvalue weighted by molar-refractivity contribution is -0.150. The van der Waals surface area contributed by atoms with Gasteiger partial charge in [0.15, 0.2) is 0 Å². The van der Waals surface area contributed by atoms with E-state index in [1.165, 1.54) is 53.4 Å². The lowest BCUT2D eigenvalue weighted by Crippen LogP contribution is -2.60. The van der Waals surface area contributed by atoms with Gasteiger partial charge in [0.1, 0.15) is 78.0 Å². The number of nitrogens with two attached hydrogens (primary N) is 2. The Morgan fingerprint density at radius 1 is 0.467 bits per heavy atom. The number of amides is 13. The third-order valence-electron chi connectivity index (χ3n) is 17.6. The van der Waals surface area contributed by atoms with Crippen LogP contribution in [0.15, 0.2) is 48.5 Å². The first-order valence-corrected chi connectivity index (χ1v) is 33.4. The Bertz CT molecular complexity index is 3580. The minimum atomic E-state index is -2.16. The SMILES string of the molecule is CC[C@H](C)[C@H](N)C(=O)N[C@@H](CCC(=O)O)C(=O)N[C@@H](CC(=O)O)C(=O)N1CCC[C@H]1C(=O)N1CCC[C@@H]1C(=O)N[C@@H](Cc1ccc(O)cc1)C(=O)N1CCC[C@@H]1C(=O)N[C@@H](Cc1ccc(O)cc1)C(=O)NCC(=O)N[C@@H](CC(N)=O)C(=O)N[C@@H](CC(=O)O)C(=O)N[C@@H](CO)C(=O)N[C@@H](CC(=O)O)C(=O)O. The largest absolute Gasteiger partial charge is 0.508 e. The summed E-state index contributed by atoms with van der Waals surface area (Å²) in [7, 11) is 0. The molecule has 13 atom stereocenters. The number of aliphatic hydroxyl groups is 1. The van der Waals surface area contributed by atoms with E-state index in [1.54, 1.807) is 19.2 Å². The molecule has 105 heavy (non-hydrogen) atoms. The molecule has 0 radical (unpaired) electrons. The topological polar surface area (TPSA) is 639 Å².